The van der Waals surface area contributed by atoms with Crippen LogP contribution >= 0.6 is 11.8 Å². The number of rotatable bonds is 7. The van der Waals surface area contributed by atoms with E-state index in [1.165, 1.54) is 11.8 Å². The third-order valence-corrected chi connectivity index (χ3v) is 5.44. The van der Waals surface area contributed by atoms with Crippen LogP contribution in [0.25, 0.3) is 17.3 Å². The number of nitrogens with zero attached hydrogens (tertiary/aromatic N) is 4. The molecule has 1 amide bonds. The Hall–Kier alpha value is -3.05. The van der Waals surface area contributed by atoms with Crippen molar-refractivity contribution in [2.24, 2.45) is 5.92 Å². The molecule has 0 fully saturated rings. The number of hydrogen-bond acceptors (Lipinski definition) is 6. The highest BCUT2D eigenvalue weighted by Gasteiger charge is 2.30. The molecule has 0 radical (unpaired) electrons. The van der Waals surface area contributed by atoms with E-state index in [1.54, 1.807) is 19.3 Å². The molecule has 1 aromatic carbocycles. The Kier molecular flexibility index (Phi) is 5.85. The standard InChI is InChI=1S/C20H21N5O2S/c1-14(2)20(3,13-21)22-17(26)12-28-19-24-23-18(16-10-7-11-27-16)25(19)15-8-5-4-6-9-15/h4-11,14H,12H2,1-3H3,(H,22,26)/t20-/m0/s1. The fraction of sp³-hybridized carbons (Fsp3) is 0.300. The molecule has 0 spiro atoms. The third-order valence-electron chi connectivity index (χ3n) is 4.51. The van der Waals surface area contributed by atoms with Crippen LogP contribution < -0.4 is 5.32 Å². The Morgan fingerprint density at radius 1 is 1.29 bits per heavy atom. The predicted molar refractivity (Wildman–Crippen MR) is 107 cm³/mol. The SMILES string of the molecule is CC(C)[C@](C)(C#N)NC(=O)CSc1nnc(-c2ccco2)n1-c1ccccc1. The first-order valence-electron chi connectivity index (χ1n) is 8.84. The summed E-state index contributed by atoms with van der Waals surface area (Å²) in [7, 11) is 0. The molecule has 0 aliphatic heterocycles. The van der Waals surface area contributed by atoms with Gasteiger partial charge in [-0.05, 0) is 37.1 Å². The number of hydrogen-bond donors (Lipinski definition) is 1. The molecule has 28 heavy (non-hydrogen) atoms. The van der Waals surface area contributed by atoms with E-state index in [9.17, 15) is 10.1 Å². The monoisotopic (exact) mass is 395 g/mol. The highest BCUT2D eigenvalue weighted by atomic mass is 32.2. The van der Waals surface area contributed by atoms with Gasteiger partial charge in [-0.1, -0.05) is 43.8 Å². The van der Waals surface area contributed by atoms with Gasteiger partial charge >= 0.3 is 0 Å². The molecule has 0 saturated heterocycles. The van der Waals surface area contributed by atoms with Crippen LogP contribution in [0.5, 0.6) is 0 Å². The Bertz CT molecular complexity index is 976. The van der Waals surface area contributed by atoms with Crippen LogP contribution in [0.4, 0.5) is 0 Å². The van der Waals surface area contributed by atoms with E-state index in [0.29, 0.717) is 16.7 Å². The maximum atomic E-state index is 12.4. The van der Waals surface area contributed by atoms with Gasteiger partial charge in [-0.2, -0.15) is 5.26 Å². The fourth-order valence-corrected chi connectivity index (χ4v) is 3.25. The summed E-state index contributed by atoms with van der Waals surface area (Å²) in [4.78, 5) is 12.4. The molecule has 2 heterocycles. The minimum atomic E-state index is -0.913. The molecule has 0 aliphatic carbocycles. The summed E-state index contributed by atoms with van der Waals surface area (Å²) >= 11 is 1.26. The first-order valence-corrected chi connectivity index (χ1v) is 9.83. The number of carbonyl (C=O) groups excluding carboxylic acids is 1. The van der Waals surface area contributed by atoms with Gasteiger partial charge in [-0.3, -0.25) is 9.36 Å². The molecule has 8 heteroatoms. The van der Waals surface area contributed by atoms with Gasteiger partial charge in [-0.25, -0.2) is 0 Å². The maximum absolute atomic E-state index is 12.4. The van der Waals surface area contributed by atoms with Crippen LogP contribution in [0.3, 0.4) is 0 Å². The van der Waals surface area contributed by atoms with Crippen molar-refractivity contribution in [3.8, 4) is 23.3 Å². The molecule has 7 nitrogen and oxygen atoms in total. The molecule has 0 bridgehead atoms. The predicted octanol–water partition coefficient (Wildman–Crippen LogP) is 3.67. The number of thioether (sulfide) groups is 1. The van der Waals surface area contributed by atoms with Crippen molar-refractivity contribution in [1.29, 1.82) is 5.26 Å². The molecule has 1 N–H and O–H groups in total. The quantitative estimate of drug-likeness (QED) is 0.613. The maximum Gasteiger partial charge on any atom is 0.231 e. The number of aromatic nitrogens is 3. The Balaban J connectivity index is 1.83. The van der Waals surface area contributed by atoms with E-state index < -0.39 is 5.54 Å². The summed E-state index contributed by atoms with van der Waals surface area (Å²) in [6.45, 7) is 5.53. The summed E-state index contributed by atoms with van der Waals surface area (Å²) in [5.41, 5.74) is -0.0461. The average molecular weight is 395 g/mol. The summed E-state index contributed by atoms with van der Waals surface area (Å²) in [6, 6.07) is 15.4. The molecule has 0 saturated carbocycles. The normalized spacial score (nSPS) is 13.1. The van der Waals surface area contributed by atoms with E-state index in [0.717, 1.165) is 5.69 Å². The zero-order valence-corrected chi connectivity index (χ0v) is 16.7. The van der Waals surface area contributed by atoms with Gasteiger partial charge in [0.1, 0.15) is 5.54 Å². The first kappa shape index (κ1) is 19.7. The number of furan rings is 1. The second-order valence-corrected chi connectivity index (χ2v) is 7.70. The van der Waals surface area contributed by atoms with E-state index >= 15 is 0 Å². The van der Waals surface area contributed by atoms with Gasteiger partial charge in [0.05, 0.1) is 18.1 Å². The van der Waals surface area contributed by atoms with Gasteiger partial charge in [0.25, 0.3) is 0 Å². The van der Waals surface area contributed by atoms with Gasteiger partial charge in [0, 0.05) is 5.69 Å². The van der Waals surface area contributed by atoms with Crippen molar-refractivity contribution in [2.45, 2.75) is 31.5 Å². The number of amides is 1. The topological polar surface area (TPSA) is 96.7 Å². The Morgan fingerprint density at radius 2 is 2.04 bits per heavy atom. The van der Waals surface area contributed by atoms with Crippen molar-refractivity contribution < 1.29 is 9.21 Å². The summed E-state index contributed by atoms with van der Waals surface area (Å²) in [6.07, 6.45) is 1.58. The minimum Gasteiger partial charge on any atom is -0.461 e. The molecular formula is C20H21N5O2S. The number of benzene rings is 1. The number of nitrogens with one attached hydrogen (secondary N) is 1. The molecule has 3 rings (SSSR count). The lowest BCUT2D eigenvalue weighted by Gasteiger charge is -2.27. The molecule has 1 atom stereocenters. The van der Waals surface area contributed by atoms with Crippen molar-refractivity contribution in [3.05, 3.63) is 48.7 Å². The van der Waals surface area contributed by atoms with Crippen LogP contribution in [0, 0.1) is 17.2 Å². The van der Waals surface area contributed by atoms with Crippen molar-refractivity contribution in [3.63, 3.8) is 0 Å². The lowest BCUT2D eigenvalue weighted by molar-refractivity contribution is -0.120. The first-order chi connectivity index (χ1) is 13.4. The smallest absolute Gasteiger partial charge is 0.231 e. The van der Waals surface area contributed by atoms with E-state index in [4.69, 9.17) is 4.42 Å². The van der Waals surface area contributed by atoms with Crippen molar-refractivity contribution in [2.75, 3.05) is 5.75 Å². The summed E-state index contributed by atoms with van der Waals surface area (Å²) in [5, 5.41) is 21.2. The van der Waals surface area contributed by atoms with Crippen LogP contribution in [-0.2, 0) is 4.79 Å². The van der Waals surface area contributed by atoms with Gasteiger partial charge < -0.3 is 9.73 Å². The van der Waals surface area contributed by atoms with Crippen LogP contribution in [-0.4, -0.2) is 32.0 Å². The highest BCUT2D eigenvalue weighted by molar-refractivity contribution is 7.99. The average Bonchev–Trinajstić information content (AvgIpc) is 3.36. The summed E-state index contributed by atoms with van der Waals surface area (Å²) < 4.78 is 7.33. The Labute approximate surface area is 167 Å². The zero-order valence-electron chi connectivity index (χ0n) is 15.9. The Morgan fingerprint density at radius 3 is 2.64 bits per heavy atom. The van der Waals surface area contributed by atoms with Crippen LogP contribution in [0.2, 0.25) is 0 Å². The van der Waals surface area contributed by atoms with Crippen LogP contribution in [0.15, 0.2) is 58.3 Å². The number of para-hydroxylation sites is 1. The molecule has 0 unspecified atom stereocenters. The lowest BCUT2D eigenvalue weighted by atomic mass is 9.90. The van der Waals surface area contributed by atoms with Crippen molar-refractivity contribution in [1.82, 2.24) is 20.1 Å². The lowest BCUT2D eigenvalue weighted by Crippen LogP contribution is -2.49. The second-order valence-electron chi connectivity index (χ2n) is 6.76. The third kappa shape index (κ3) is 4.10. The number of carbonyl (C=O) groups is 1. The zero-order chi connectivity index (χ0) is 20.1. The van der Waals surface area contributed by atoms with Crippen LogP contribution in [0.1, 0.15) is 20.8 Å². The van der Waals surface area contributed by atoms with Gasteiger partial charge in [0.2, 0.25) is 11.7 Å². The fourth-order valence-electron chi connectivity index (χ4n) is 2.50. The molecule has 3 aromatic rings. The van der Waals surface area contributed by atoms with Gasteiger partial charge in [0.15, 0.2) is 10.9 Å². The van der Waals surface area contributed by atoms with E-state index in [-0.39, 0.29) is 17.6 Å². The molecule has 0 aliphatic rings. The molecule has 2 aromatic heterocycles. The second kappa shape index (κ2) is 8.31. The molecular weight excluding hydrogens is 374 g/mol. The van der Waals surface area contributed by atoms with E-state index in [1.807, 2.05) is 54.8 Å². The highest BCUT2D eigenvalue weighted by Crippen LogP contribution is 2.28. The summed E-state index contributed by atoms with van der Waals surface area (Å²) in [5.74, 6) is 1.02. The van der Waals surface area contributed by atoms with E-state index in [2.05, 4.69) is 21.6 Å². The van der Waals surface area contributed by atoms with Crippen molar-refractivity contribution >= 4 is 17.7 Å². The minimum absolute atomic E-state index is 0.00928. The largest absolute Gasteiger partial charge is 0.461 e. The molecule has 144 valence electrons. The van der Waals surface area contributed by atoms with Gasteiger partial charge in [-0.15, -0.1) is 10.2 Å². The number of nitriles is 1.